The van der Waals surface area contributed by atoms with Crippen LogP contribution in [-0.2, 0) is 0 Å². The number of rotatable bonds is 7. The highest BCUT2D eigenvalue weighted by Crippen LogP contribution is 2.43. The summed E-state index contributed by atoms with van der Waals surface area (Å²) in [5.41, 5.74) is 6.59. The number of methoxy groups -OCH3 is 1. The summed E-state index contributed by atoms with van der Waals surface area (Å²) in [6.45, 7) is 10.1. The summed E-state index contributed by atoms with van der Waals surface area (Å²) in [6.07, 6.45) is 11.8. The van der Waals surface area contributed by atoms with E-state index < -0.39 is 5.67 Å². The minimum atomic E-state index is -1.07. The minimum absolute atomic E-state index is 0.319. The van der Waals surface area contributed by atoms with Crippen LogP contribution in [0.2, 0.25) is 0 Å². The van der Waals surface area contributed by atoms with Gasteiger partial charge in [-0.25, -0.2) is 13.9 Å². The zero-order valence-corrected chi connectivity index (χ0v) is 22.4. The highest BCUT2D eigenvalue weighted by Gasteiger charge is 2.28. The molecule has 5 rings (SSSR count). The number of hydrogen-bond acceptors (Lipinski definition) is 4. The van der Waals surface area contributed by atoms with Crippen LogP contribution in [0.3, 0.4) is 0 Å². The Balaban J connectivity index is 1.50. The van der Waals surface area contributed by atoms with Crippen molar-refractivity contribution in [1.82, 2.24) is 24.6 Å². The van der Waals surface area contributed by atoms with Crippen LogP contribution in [0.25, 0.3) is 27.8 Å². The molecule has 0 radical (unpaired) electrons. The molecule has 0 bridgehead atoms. The summed E-state index contributed by atoms with van der Waals surface area (Å²) in [5, 5.41) is 5.63. The van der Waals surface area contributed by atoms with Crippen molar-refractivity contribution in [3.8, 4) is 17.0 Å². The van der Waals surface area contributed by atoms with Gasteiger partial charge in [0, 0.05) is 28.8 Å². The maximum atomic E-state index is 14.0. The van der Waals surface area contributed by atoms with Gasteiger partial charge in [0.1, 0.15) is 12.0 Å². The summed E-state index contributed by atoms with van der Waals surface area (Å²) >= 11 is 0. The third-order valence-electron chi connectivity index (χ3n) is 7.97. The number of nitrogens with zero attached hydrogens (tertiary/aromatic N) is 4. The Kier molecular flexibility index (Phi) is 6.52. The third kappa shape index (κ3) is 4.60. The molecule has 4 heterocycles. The fraction of sp³-hybridized carbons (Fsp3) is 0.552. The average Bonchev–Trinajstić information content (AvgIpc) is 3.47. The molecule has 0 unspecified atom stereocenters. The Morgan fingerprint density at radius 2 is 1.94 bits per heavy atom. The Bertz CT molecular complexity index is 1370. The Labute approximate surface area is 212 Å². The van der Waals surface area contributed by atoms with Crippen molar-refractivity contribution in [2.45, 2.75) is 90.6 Å². The van der Waals surface area contributed by atoms with Gasteiger partial charge in [-0.1, -0.05) is 13.8 Å². The van der Waals surface area contributed by atoms with Crippen LogP contribution in [0.15, 0.2) is 24.8 Å². The van der Waals surface area contributed by atoms with Crippen LogP contribution in [0.4, 0.5) is 4.39 Å². The fourth-order valence-electron chi connectivity index (χ4n) is 6.07. The lowest BCUT2D eigenvalue weighted by Gasteiger charge is -2.30. The number of pyridine rings is 2. The zero-order chi connectivity index (χ0) is 25.6. The number of alkyl halides is 1. The molecule has 0 saturated heterocycles. The molecule has 7 heteroatoms. The van der Waals surface area contributed by atoms with E-state index in [1.54, 1.807) is 31.8 Å². The molecule has 0 aliphatic heterocycles. The molecule has 1 fully saturated rings. The van der Waals surface area contributed by atoms with Crippen molar-refractivity contribution in [1.29, 1.82) is 0 Å². The van der Waals surface area contributed by atoms with E-state index in [1.807, 2.05) is 18.5 Å². The van der Waals surface area contributed by atoms with E-state index >= 15 is 0 Å². The highest BCUT2D eigenvalue weighted by molar-refractivity contribution is 5.94. The minimum Gasteiger partial charge on any atom is -0.493 e. The summed E-state index contributed by atoms with van der Waals surface area (Å²) in [7, 11) is 1.66. The molecule has 0 aromatic carbocycles. The van der Waals surface area contributed by atoms with Crippen LogP contribution in [-0.4, -0.2) is 37.3 Å². The van der Waals surface area contributed by atoms with Gasteiger partial charge in [-0.2, -0.15) is 5.10 Å². The average molecular weight is 492 g/mol. The number of H-pyrrole nitrogens is 1. The lowest BCUT2D eigenvalue weighted by molar-refractivity contribution is 0.174. The van der Waals surface area contributed by atoms with Crippen molar-refractivity contribution in [2.75, 3.05) is 7.11 Å². The quantitative estimate of drug-likeness (QED) is 0.290. The maximum absolute atomic E-state index is 14.0. The number of ether oxygens (including phenoxy) is 1. The molecule has 1 N–H and O–H groups in total. The van der Waals surface area contributed by atoms with Crippen LogP contribution >= 0.6 is 0 Å². The summed E-state index contributed by atoms with van der Waals surface area (Å²) in [5.74, 6) is 2.11. The van der Waals surface area contributed by atoms with Crippen LogP contribution in [0.1, 0.15) is 94.9 Å². The summed E-state index contributed by atoms with van der Waals surface area (Å²) < 4.78 is 21.4. The molecule has 1 aliphatic carbocycles. The van der Waals surface area contributed by atoms with E-state index in [0.717, 1.165) is 48.9 Å². The summed E-state index contributed by atoms with van der Waals surface area (Å²) in [6, 6.07) is 2.03. The number of aryl methyl sites for hydroxylation is 1. The maximum Gasteiger partial charge on any atom is 0.197 e. The van der Waals surface area contributed by atoms with Gasteiger partial charge in [-0.3, -0.25) is 4.98 Å². The topological polar surface area (TPSA) is 68.1 Å². The first-order valence-electron chi connectivity index (χ1n) is 13.2. The zero-order valence-electron chi connectivity index (χ0n) is 22.4. The van der Waals surface area contributed by atoms with Crippen molar-refractivity contribution in [3.63, 3.8) is 0 Å². The van der Waals surface area contributed by atoms with Crippen molar-refractivity contribution in [2.24, 2.45) is 5.92 Å². The van der Waals surface area contributed by atoms with E-state index in [1.165, 1.54) is 22.2 Å². The molecule has 4 aromatic heterocycles. The van der Waals surface area contributed by atoms with Gasteiger partial charge >= 0.3 is 0 Å². The van der Waals surface area contributed by atoms with E-state index in [4.69, 9.17) is 9.72 Å². The predicted molar refractivity (Wildman–Crippen MR) is 143 cm³/mol. The molecule has 0 amide bonds. The normalized spacial score (nSPS) is 19.0. The molecule has 0 atom stereocenters. The van der Waals surface area contributed by atoms with Crippen molar-refractivity contribution >= 4 is 16.6 Å². The van der Waals surface area contributed by atoms with Gasteiger partial charge in [-0.05, 0) is 88.3 Å². The monoisotopic (exact) mass is 491 g/mol. The Morgan fingerprint density at radius 3 is 2.61 bits per heavy atom. The second kappa shape index (κ2) is 9.49. The van der Waals surface area contributed by atoms with Crippen molar-refractivity contribution < 1.29 is 9.13 Å². The number of halogens is 1. The lowest BCUT2D eigenvalue weighted by Crippen LogP contribution is -2.19. The number of nitrogens with one attached hydrogen (secondary N) is 1. The first-order chi connectivity index (χ1) is 17.2. The largest absolute Gasteiger partial charge is 0.493 e. The SMILES string of the molecule is COc1cc(-c2[nH]c3cnc(C4CCC(CCC(C)(C)F)CC4)c(C)c3c2C(C)C)cn2ncnc12. The molecule has 36 heavy (non-hydrogen) atoms. The molecule has 192 valence electrons. The predicted octanol–water partition coefficient (Wildman–Crippen LogP) is 7.52. The van der Waals surface area contributed by atoms with Gasteiger partial charge < -0.3 is 9.72 Å². The lowest BCUT2D eigenvalue weighted by atomic mass is 9.76. The first-order valence-corrected chi connectivity index (χ1v) is 13.2. The van der Waals surface area contributed by atoms with E-state index in [2.05, 4.69) is 35.8 Å². The molecule has 4 aromatic rings. The van der Waals surface area contributed by atoms with Gasteiger partial charge in [0.25, 0.3) is 0 Å². The third-order valence-corrected chi connectivity index (χ3v) is 7.97. The van der Waals surface area contributed by atoms with Crippen LogP contribution < -0.4 is 4.74 Å². The molecule has 1 aliphatic rings. The van der Waals surface area contributed by atoms with Gasteiger partial charge in [-0.15, -0.1) is 0 Å². The highest BCUT2D eigenvalue weighted by atomic mass is 19.1. The van der Waals surface area contributed by atoms with Gasteiger partial charge in [0.2, 0.25) is 0 Å². The van der Waals surface area contributed by atoms with Crippen molar-refractivity contribution in [3.05, 3.63) is 41.6 Å². The van der Waals surface area contributed by atoms with Gasteiger partial charge in [0.15, 0.2) is 11.4 Å². The number of aromatic nitrogens is 5. The van der Waals surface area contributed by atoms with E-state index in [0.29, 0.717) is 35.6 Å². The first kappa shape index (κ1) is 24.7. The van der Waals surface area contributed by atoms with E-state index in [-0.39, 0.29) is 0 Å². The van der Waals surface area contributed by atoms with Crippen LogP contribution in [0.5, 0.6) is 5.75 Å². The van der Waals surface area contributed by atoms with Crippen LogP contribution in [0, 0.1) is 12.8 Å². The second-order valence-electron chi connectivity index (χ2n) is 11.4. The molecular weight excluding hydrogens is 453 g/mol. The Hall–Kier alpha value is -2.96. The van der Waals surface area contributed by atoms with E-state index in [9.17, 15) is 4.39 Å². The standard InChI is InChI=1S/C29H38FN5O/c1-17(2)24-25-18(3)26(20-9-7-19(8-10-20)11-12-29(4,5)30)31-14-22(25)34-27(24)21-13-23(36-6)28-32-16-33-35(28)15-21/h13-17,19-20,34H,7-12H2,1-6H3. The molecular formula is C29H38FN5O. The number of aromatic amines is 1. The molecule has 0 spiro atoms. The molecule has 6 nitrogen and oxygen atoms in total. The number of hydrogen-bond donors (Lipinski definition) is 1. The fourth-order valence-corrected chi connectivity index (χ4v) is 6.07. The summed E-state index contributed by atoms with van der Waals surface area (Å²) in [4.78, 5) is 13.0. The molecule has 1 saturated carbocycles. The Morgan fingerprint density at radius 1 is 1.19 bits per heavy atom. The number of fused-ring (bicyclic) bond motifs is 2. The smallest absolute Gasteiger partial charge is 0.197 e. The second-order valence-corrected chi connectivity index (χ2v) is 11.4. The van der Waals surface area contributed by atoms with Gasteiger partial charge in [0.05, 0.1) is 24.5 Å².